The highest BCUT2D eigenvalue weighted by Gasteiger charge is 2.21. The van der Waals surface area contributed by atoms with Gasteiger partial charge < -0.3 is 9.52 Å². The number of hydrogen-bond acceptors (Lipinski definition) is 3. The van der Waals surface area contributed by atoms with E-state index in [1.54, 1.807) is 18.5 Å². The van der Waals surface area contributed by atoms with E-state index in [1.165, 1.54) is 0 Å². The lowest BCUT2D eigenvalue weighted by atomic mass is 10.0. The first-order valence-electron chi connectivity index (χ1n) is 4.71. The Bertz CT molecular complexity index is 514. The van der Waals surface area contributed by atoms with E-state index in [0.29, 0.717) is 11.1 Å². The number of furan rings is 1. The quantitative estimate of drug-likeness (QED) is 0.818. The number of fused-ring (bicyclic) bond motifs is 1. The lowest BCUT2D eigenvalue weighted by molar-refractivity contribution is 0.0663. The molecular weight excluding hydrogens is 194 g/mol. The van der Waals surface area contributed by atoms with Gasteiger partial charge in [0, 0.05) is 23.3 Å². The first kappa shape index (κ1) is 9.71. The van der Waals surface area contributed by atoms with Crippen LogP contribution in [0, 0.1) is 0 Å². The van der Waals surface area contributed by atoms with Crippen LogP contribution in [0.2, 0.25) is 0 Å². The van der Waals surface area contributed by atoms with E-state index >= 15 is 0 Å². The van der Waals surface area contributed by atoms with Crippen LogP contribution in [0.5, 0.6) is 0 Å². The summed E-state index contributed by atoms with van der Waals surface area (Å²) in [6.45, 7) is 3.87. The third kappa shape index (κ3) is 1.48. The van der Waals surface area contributed by atoms with Crippen molar-refractivity contribution in [3.63, 3.8) is 0 Å². The van der Waals surface area contributed by atoms with Gasteiger partial charge in [-0.15, -0.1) is 0 Å². The number of aromatic carboxylic acids is 1. The molecule has 0 spiro atoms. The molecule has 2 heterocycles. The van der Waals surface area contributed by atoms with E-state index in [0.717, 1.165) is 5.39 Å². The minimum atomic E-state index is -1.03. The Kier molecular flexibility index (Phi) is 2.19. The molecule has 2 aromatic rings. The highest BCUT2D eigenvalue weighted by molar-refractivity contribution is 5.95. The second-order valence-electron chi connectivity index (χ2n) is 3.68. The fourth-order valence-electron chi connectivity index (χ4n) is 1.69. The number of rotatable bonds is 2. The molecule has 4 nitrogen and oxygen atoms in total. The van der Waals surface area contributed by atoms with Crippen LogP contribution in [0.25, 0.3) is 11.0 Å². The van der Waals surface area contributed by atoms with Crippen LogP contribution in [0.15, 0.2) is 22.9 Å². The second-order valence-corrected chi connectivity index (χ2v) is 3.68. The van der Waals surface area contributed by atoms with Crippen molar-refractivity contribution in [1.82, 2.24) is 4.98 Å². The first-order valence-corrected chi connectivity index (χ1v) is 4.71. The fourth-order valence-corrected chi connectivity index (χ4v) is 1.69. The van der Waals surface area contributed by atoms with Gasteiger partial charge in [0.2, 0.25) is 5.76 Å². The molecule has 0 unspecified atom stereocenters. The number of carboxylic acid groups (broad SMARTS) is 1. The predicted molar refractivity (Wildman–Crippen MR) is 55.1 cm³/mol. The molecule has 0 bridgehead atoms. The molecule has 0 aliphatic rings. The average molecular weight is 205 g/mol. The Morgan fingerprint density at radius 1 is 1.53 bits per heavy atom. The van der Waals surface area contributed by atoms with Crippen molar-refractivity contribution >= 4 is 16.9 Å². The number of carboxylic acids is 1. The molecule has 0 aliphatic heterocycles. The number of carbonyl (C=O) groups is 1. The summed E-state index contributed by atoms with van der Waals surface area (Å²) >= 11 is 0. The van der Waals surface area contributed by atoms with E-state index < -0.39 is 5.97 Å². The molecule has 0 radical (unpaired) electrons. The zero-order valence-corrected chi connectivity index (χ0v) is 8.52. The van der Waals surface area contributed by atoms with E-state index in [2.05, 4.69) is 4.98 Å². The Balaban J connectivity index is 2.80. The lowest BCUT2D eigenvalue weighted by Crippen LogP contribution is -2.00. The van der Waals surface area contributed by atoms with Gasteiger partial charge in [-0.2, -0.15) is 0 Å². The van der Waals surface area contributed by atoms with Gasteiger partial charge in [-0.3, -0.25) is 4.98 Å². The SMILES string of the molecule is CC(C)c1c(C(=O)O)oc2ccncc12. The average Bonchev–Trinajstić information content (AvgIpc) is 2.56. The van der Waals surface area contributed by atoms with Gasteiger partial charge in [0.15, 0.2) is 0 Å². The van der Waals surface area contributed by atoms with Crippen LogP contribution in [0.3, 0.4) is 0 Å². The number of nitrogens with zero attached hydrogens (tertiary/aromatic N) is 1. The Morgan fingerprint density at radius 3 is 2.87 bits per heavy atom. The molecule has 1 N–H and O–H groups in total. The summed E-state index contributed by atoms with van der Waals surface area (Å²) < 4.78 is 5.28. The highest BCUT2D eigenvalue weighted by Crippen LogP contribution is 2.30. The Labute approximate surface area is 86.5 Å². The predicted octanol–water partition coefficient (Wildman–Crippen LogP) is 2.65. The topological polar surface area (TPSA) is 63.3 Å². The monoisotopic (exact) mass is 205 g/mol. The minimum Gasteiger partial charge on any atom is -0.475 e. The largest absolute Gasteiger partial charge is 0.475 e. The molecule has 78 valence electrons. The van der Waals surface area contributed by atoms with Gasteiger partial charge in [-0.25, -0.2) is 4.79 Å². The normalized spacial score (nSPS) is 11.1. The molecule has 2 aromatic heterocycles. The summed E-state index contributed by atoms with van der Waals surface area (Å²) in [5.74, 6) is -0.913. The van der Waals surface area contributed by atoms with Crippen LogP contribution in [0.1, 0.15) is 35.9 Å². The highest BCUT2D eigenvalue weighted by atomic mass is 16.4. The standard InChI is InChI=1S/C11H11NO3/c1-6(2)9-7-5-12-4-3-8(7)15-10(9)11(13)14/h3-6H,1-2H3,(H,13,14). The maximum Gasteiger partial charge on any atom is 0.372 e. The van der Waals surface area contributed by atoms with E-state index in [4.69, 9.17) is 9.52 Å². The summed E-state index contributed by atoms with van der Waals surface area (Å²) in [7, 11) is 0. The van der Waals surface area contributed by atoms with Crippen molar-refractivity contribution in [1.29, 1.82) is 0 Å². The lowest BCUT2D eigenvalue weighted by Gasteiger charge is -2.02. The van der Waals surface area contributed by atoms with Crippen LogP contribution >= 0.6 is 0 Å². The zero-order chi connectivity index (χ0) is 11.0. The fraction of sp³-hybridized carbons (Fsp3) is 0.273. The number of aromatic nitrogens is 1. The first-order chi connectivity index (χ1) is 7.11. The molecule has 0 aliphatic carbocycles. The van der Waals surface area contributed by atoms with Gasteiger partial charge in [0.05, 0.1) is 0 Å². The van der Waals surface area contributed by atoms with E-state index in [9.17, 15) is 4.79 Å². The van der Waals surface area contributed by atoms with Crippen molar-refractivity contribution in [2.24, 2.45) is 0 Å². The van der Waals surface area contributed by atoms with Crippen molar-refractivity contribution in [3.05, 3.63) is 29.8 Å². The second kappa shape index (κ2) is 3.38. The third-order valence-corrected chi connectivity index (χ3v) is 2.30. The number of pyridine rings is 1. The minimum absolute atomic E-state index is 0.0213. The van der Waals surface area contributed by atoms with Crippen molar-refractivity contribution in [3.8, 4) is 0 Å². The van der Waals surface area contributed by atoms with Gasteiger partial charge in [0.25, 0.3) is 0 Å². The molecule has 2 rings (SSSR count). The molecule has 0 saturated heterocycles. The van der Waals surface area contributed by atoms with Crippen LogP contribution in [-0.4, -0.2) is 16.1 Å². The molecule has 0 aromatic carbocycles. The molecule has 0 fully saturated rings. The van der Waals surface area contributed by atoms with Gasteiger partial charge in [-0.05, 0) is 12.0 Å². The molecule has 0 atom stereocenters. The molecule has 4 heteroatoms. The maximum atomic E-state index is 11.0. The van der Waals surface area contributed by atoms with Crippen molar-refractivity contribution in [2.75, 3.05) is 0 Å². The maximum absolute atomic E-state index is 11.0. The van der Waals surface area contributed by atoms with E-state index in [-0.39, 0.29) is 11.7 Å². The van der Waals surface area contributed by atoms with Crippen LogP contribution in [0.4, 0.5) is 0 Å². The number of hydrogen-bond donors (Lipinski definition) is 1. The summed E-state index contributed by atoms with van der Waals surface area (Å²) in [5, 5.41) is 9.78. The third-order valence-electron chi connectivity index (χ3n) is 2.30. The van der Waals surface area contributed by atoms with Crippen LogP contribution in [-0.2, 0) is 0 Å². The van der Waals surface area contributed by atoms with Crippen LogP contribution < -0.4 is 0 Å². The van der Waals surface area contributed by atoms with Crippen molar-refractivity contribution < 1.29 is 14.3 Å². The summed E-state index contributed by atoms with van der Waals surface area (Å²) in [6, 6.07) is 1.67. The smallest absolute Gasteiger partial charge is 0.372 e. The summed E-state index contributed by atoms with van der Waals surface area (Å²) in [6.07, 6.45) is 3.22. The van der Waals surface area contributed by atoms with Gasteiger partial charge >= 0.3 is 5.97 Å². The molecular formula is C11H11NO3. The van der Waals surface area contributed by atoms with Gasteiger partial charge in [-0.1, -0.05) is 13.8 Å². The molecule has 0 amide bonds. The Hall–Kier alpha value is -1.84. The Morgan fingerprint density at radius 2 is 2.27 bits per heavy atom. The van der Waals surface area contributed by atoms with E-state index in [1.807, 2.05) is 13.8 Å². The van der Waals surface area contributed by atoms with Crippen molar-refractivity contribution in [2.45, 2.75) is 19.8 Å². The van der Waals surface area contributed by atoms with Gasteiger partial charge in [0.1, 0.15) is 5.58 Å². The molecule has 0 saturated carbocycles. The summed E-state index contributed by atoms with van der Waals surface area (Å²) in [4.78, 5) is 15.0. The molecule has 15 heavy (non-hydrogen) atoms. The zero-order valence-electron chi connectivity index (χ0n) is 8.52. The summed E-state index contributed by atoms with van der Waals surface area (Å²) in [5.41, 5.74) is 1.29.